The number of benzene rings is 1. The lowest BCUT2D eigenvalue weighted by Gasteiger charge is -2.07. The lowest BCUT2D eigenvalue weighted by atomic mass is 10.1. The predicted molar refractivity (Wildman–Crippen MR) is 85.1 cm³/mol. The summed E-state index contributed by atoms with van der Waals surface area (Å²) in [5.41, 5.74) is 8.49. The fourth-order valence-corrected chi connectivity index (χ4v) is 2.29. The van der Waals surface area contributed by atoms with Crippen molar-refractivity contribution >= 4 is 28.3 Å². The zero-order valence-corrected chi connectivity index (χ0v) is 12.9. The minimum absolute atomic E-state index is 0.0467. The number of nitrogen functional groups attached to an aromatic ring is 1. The Labute approximate surface area is 125 Å². The number of aryl methyl sites for hydroxylation is 3. The molecule has 0 atom stereocenters. The van der Waals surface area contributed by atoms with Gasteiger partial charge in [0.2, 0.25) is 0 Å². The first-order valence-electron chi connectivity index (χ1n) is 6.14. The highest BCUT2D eigenvalue weighted by molar-refractivity contribution is 14.1. The van der Waals surface area contributed by atoms with Crippen LogP contribution in [0.3, 0.4) is 0 Å². The average molecular weight is 369 g/mol. The fourth-order valence-electron chi connectivity index (χ4n) is 1.84. The Kier molecular flexibility index (Phi) is 4.57. The molecule has 19 heavy (non-hydrogen) atoms. The van der Waals surface area contributed by atoms with Crippen molar-refractivity contribution in [2.45, 2.75) is 26.3 Å². The van der Waals surface area contributed by atoms with Gasteiger partial charge in [0.05, 0.1) is 15.6 Å². The van der Waals surface area contributed by atoms with Gasteiger partial charge in [0, 0.05) is 12.2 Å². The van der Waals surface area contributed by atoms with Crippen molar-refractivity contribution < 1.29 is 0 Å². The van der Waals surface area contributed by atoms with Gasteiger partial charge in [-0.05, 0) is 60.1 Å². The van der Waals surface area contributed by atoms with Crippen LogP contribution in [-0.4, -0.2) is 9.55 Å². The third-order valence-corrected chi connectivity index (χ3v) is 4.24. The molecule has 0 radical (unpaired) electrons. The molecule has 0 fully saturated rings. The summed E-state index contributed by atoms with van der Waals surface area (Å²) < 4.78 is 2.37. The summed E-state index contributed by atoms with van der Waals surface area (Å²) in [6.07, 6.45) is 3.46. The van der Waals surface area contributed by atoms with Crippen LogP contribution < -0.4 is 11.3 Å². The first-order valence-corrected chi connectivity index (χ1v) is 7.22. The summed E-state index contributed by atoms with van der Waals surface area (Å²) >= 11 is 2.05. The molecular formula is C14H16IN3O. The molecule has 0 saturated heterocycles. The third-order valence-electron chi connectivity index (χ3n) is 3.00. The van der Waals surface area contributed by atoms with E-state index >= 15 is 0 Å². The highest BCUT2D eigenvalue weighted by Crippen LogP contribution is 2.08. The van der Waals surface area contributed by atoms with E-state index in [0.717, 1.165) is 24.2 Å². The molecule has 0 saturated carbocycles. The molecule has 1 heterocycles. The highest BCUT2D eigenvalue weighted by Gasteiger charge is 2.04. The molecule has 0 bridgehead atoms. The van der Waals surface area contributed by atoms with E-state index in [-0.39, 0.29) is 5.56 Å². The van der Waals surface area contributed by atoms with Crippen LogP contribution >= 0.6 is 22.6 Å². The molecule has 0 spiro atoms. The maximum Gasteiger partial charge on any atom is 0.266 e. The number of halogens is 1. The molecule has 5 heteroatoms. The van der Waals surface area contributed by atoms with Crippen LogP contribution in [0.5, 0.6) is 0 Å². The topological polar surface area (TPSA) is 60.9 Å². The number of aromatic nitrogens is 2. The molecule has 100 valence electrons. The van der Waals surface area contributed by atoms with E-state index in [2.05, 4.69) is 27.6 Å². The molecule has 2 aromatic rings. The van der Waals surface area contributed by atoms with Gasteiger partial charge in [0.15, 0.2) is 0 Å². The van der Waals surface area contributed by atoms with Crippen molar-refractivity contribution in [1.82, 2.24) is 9.55 Å². The first-order chi connectivity index (χ1) is 9.08. The minimum atomic E-state index is 0.0467. The van der Waals surface area contributed by atoms with Crippen molar-refractivity contribution in [3.63, 3.8) is 0 Å². The Morgan fingerprint density at radius 3 is 2.68 bits per heavy atom. The van der Waals surface area contributed by atoms with Crippen LogP contribution in [0.1, 0.15) is 17.7 Å². The molecule has 0 aliphatic carbocycles. The third kappa shape index (κ3) is 3.56. The lowest BCUT2D eigenvalue weighted by molar-refractivity contribution is 0.606. The summed E-state index contributed by atoms with van der Waals surface area (Å²) in [6, 6.07) is 7.85. The minimum Gasteiger partial charge on any atom is -0.399 e. The van der Waals surface area contributed by atoms with Gasteiger partial charge < -0.3 is 5.73 Å². The summed E-state index contributed by atoms with van der Waals surface area (Å²) in [5.74, 6) is 0. The van der Waals surface area contributed by atoms with Gasteiger partial charge in [-0.2, -0.15) is 0 Å². The van der Waals surface area contributed by atoms with Crippen LogP contribution in [0.15, 0.2) is 35.4 Å². The summed E-state index contributed by atoms with van der Waals surface area (Å²) in [7, 11) is 0. The lowest BCUT2D eigenvalue weighted by Crippen LogP contribution is -2.24. The molecule has 4 nitrogen and oxygen atoms in total. The Hall–Kier alpha value is -1.37. The monoisotopic (exact) mass is 369 g/mol. The van der Waals surface area contributed by atoms with Crippen LogP contribution in [0, 0.1) is 10.5 Å². The molecule has 2 N–H and O–H groups in total. The maximum atomic E-state index is 12.0. The van der Waals surface area contributed by atoms with Crippen molar-refractivity contribution in [2.75, 3.05) is 5.73 Å². The van der Waals surface area contributed by atoms with Crippen molar-refractivity contribution in [3.8, 4) is 0 Å². The van der Waals surface area contributed by atoms with Gasteiger partial charge in [0.1, 0.15) is 0 Å². The molecule has 0 amide bonds. The Morgan fingerprint density at radius 1 is 1.32 bits per heavy atom. The van der Waals surface area contributed by atoms with Crippen LogP contribution in [0.4, 0.5) is 5.69 Å². The van der Waals surface area contributed by atoms with E-state index in [0.29, 0.717) is 10.1 Å². The second-order valence-corrected chi connectivity index (χ2v) is 5.57. The Bertz CT molecular complexity index is 620. The van der Waals surface area contributed by atoms with E-state index in [1.807, 2.05) is 31.2 Å². The largest absolute Gasteiger partial charge is 0.399 e. The number of hydrogen-bond donors (Lipinski definition) is 1. The Morgan fingerprint density at radius 2 is 2.00 bits per heavy atom. The zero-order chi connectivity index (χ0) is 13.8. The van der Waals surface area contributed by atoms with E-state index < -0.39 is 0 Å². The average Bonchev–Trinajstić information content (AvgIpc) is 2.41. The van der Waals surface area contributed by atoms with Crippen LogP contribution in [-0.2, 0) is 13.0 Å². The summed E-state index contributed by atoms with van der Waals surface area (Å²) in [6.45, 7) is 2.54. The Balaban J connectivity index is 1.98. The van der Waals surface area contributed by atoms with Gasteiger partial charge in [-0.25, -0.2) is 4.98 Å². The van der Waals surface area contributed by atoms with Crippen molar-refractivity contribution in [2.24, 2.45) is 0 Å². The van der Waals surface area contributed by atoms with Crippen LogP contribution in [0.2, 0.25) is 0 Å². The number of rotatable bonds is 4. The molecule has 2 rings (SSSR count). The predicted octanol–water partition coefficient (Wildman–Crippen LogP) is 2.37. The number of anilines is 1. The van der Waals surface area contributed by atoms with E-state index in [1.165, 1.54) is 5.56 Å². The van der Waals surface area contributed by atoms with Gasteiger partial charge in [-0.15, -0.1) is 0 Å². The quantitative estimate of drug-likeness (QED) is 0.665. The second-order valence-electron chi connectivity index (χ2n) is 4.49. The standard InChI is InChI=1S/C14H16IN3O/c1-10-13(15)14(19)18(9-17-10)8-2-3-11-4-6-12(16)7-5-11/h4-7,9H,2-3,8,16H2,1H3. The van der Waals surface area contributed by atoms with Gasteiger partial charge in [-0.3, -0.25) is 9.36 Å². The van der Waals surface area contributed by atoms with Gasteiger partial charge in [-0.1, -0.05) is 12.1 Å². The van der Waals surface area contributed by atoms with Gasteiger partial charge >= 0.3 is 0 Å². The van der Waals surface area contributed by atoms with E-state index in [9.17, 15) is 4.79 Å². The smallest absolute Gasteiger partial charge is 0.266 e. The molecule has 0 aliphatic heterocycles. The highest BCUT2D eigenvalue weighted by atomic mass is 127. The second kappa shape index (κ2) is 6.18. The first kappa shape index (κ1) is 14.0. The van der Waals surface area contributed by atoms with Crippen molar-refractivity contribution in [1.29, 1.82) is 0 Å². The maximum absolute atomic E-state index is 12.0. The summed E-state index contributed by atoms with van der Waals surface area (Å²) in [4.78, 5) is 16.2. The SMILES string of the molecule is Cc1ncn(CCCc2ccc(N)cc2)c(=O)c1I. The number of nitrogens with two attached hydrogens (primary N) is 1. The molecular weight excluding hydrogens is 353 g/mol. The fraction of sp³-hybridized carbons (Fsp3) is 0.286. The summed E-state index contributed by atoms with van der Waals surface area (Å²) in [5, 5.41) is 0. The molecule has 1 aromatic heterocycles. The van der Waals surface area contributed by atoms with Gasteiger partial charge in [0.25, 0.3) is 5.56 Å². The van der Waals surface area contributed by atoms with E-state index in [1.54, 1.807) is 10.9 Å². The van der Waals surface area contributed by atoms with Crippen molar-refractivity contribution in [3.05, 3.63) is 55.8 Å². The molecule has 0 aliphatic rings. The molecule has 1 aromatic carbocycles. The normalized spacial score (nSPS) is 10.6. The zero-order valence-electron chi connectivity index (χ0n) is 10.8. The number of nitrogens with zero attached hydrogens (tertiary/aromatic N) is 2. The van der Waals surface area contributed by atoms with E-state index in [4.69, 9.17) is 5.73 Å². The molecule has 0 unspecified atom stereocenters. The van der Waals surface area contributed by atoms with Crippen LogP contribution in [0.25, 0.3) is 0 Å². The number of hydrogen-bond acceptors (Lipinski definition) is 3.